The Morgan fingerprint density at radius 2 is 2.04 bits per heavy atom. The molecule has 0 saturated heterocycles. The van der Waals surface area contributed by atoms with E-state index in [1.165, 1.54) is 0 Å². The minimum Gasteiger partial charge on any atom is -0.367 e. The fourth-order valence-corrected chi connectivity index (χ4v) is 2.86. The SMILES string of the molecule is O=C(COCc1ccccc1)NCc1nnc2n1CCC(C(F)(F)F)C2. The van der Waals surface area contributed by atoms with Crippen molar-refractivity contribution in [1.82, 2.24) is 20.1 Å². The van der Waals surface area contributed by atoms with Gasteiger partial charge >= 0.3 is 6.18 Å². The van der Waals surface area contributed by atoms with Gasteiger partial charge in [0.2, 0.25) is 5.91 Å². The summed E-state index contributed by atoms with van der Waals surface area (Å²) in [7, 11) is 0. The highest BCUT2D eigenvalue weighted by atomic mass is 19.4. The second-order valence-corrected chi connectivity index (χ2v) is 6.17. The van der Waals surface area contributed by atoms with Crippen molar-refractivity contribution in [3.8, 4) is 0 Å². The van der Waals surface area contributed by atoms with E-state index in [1.807, 2.05) is 30.3 Å². The molecule has 140 valence electrons. The molecule has 1 unspecified atom stereocenters. The molecule has 1 aromatic carbocycles. The van der Waals surface area contributed by atoms with Gasteiger partial charge in [0.1, 0.15) is 12.4 Å². The lowest BCUT2D eigenvalue weighted by atomic mass is 9.97. The lowest BCUT2D eigenvalue weighted by Gasteiger charge is -2.25. The van der Waals surface area contributed by atoms with Crippen LogP contribution in [0.2, 0.25) is 0 Å². The zero-order valence-corrected chi connectivity index (χ0v) is 14.0. The fraction of sp³-hybridized carbons (Fsp3) is 0.471. The van der Waals surface area contributed by atoms with Gasteiger partial charge in [0.25, 0.3) is 0 Å². The molecule has 0 fully saturated rings. The maximum absolute atomic E-state index is 12.8. The molecule has 3 rings (SSSR count). The Morgan fingerprint density at radius 1 is 1.27 bits per heavy atom. The monoisotopic (exact) mass is 368 g/mol. The average molecular weight is 368 g/mol. The molecular weight excluding hydrogens is 349 g/mol. The lowest BCUT2D eigenvalue weighted by molar-refractivity contribution is -0.179. The summed E-state index contributed by atoms with van der Waals surface area (Å²) < 4.78 is 45.4. The third-order valence-electron chi connectivity index (χ3n) is 4.29. The first-order valence-electron chi connectivity index (χ1n) is 8.29. The maximum atomic E-state index is 12.8. The summed E-state index contributed by atoms with van der Waals surface area (Å²) in [5, 5.41) is 10.4. The minimum atomic E-state index is -4.22. The molecule has 0 aliphatic carbocycles. The molecule has 1 aliphatic rings. The molecule has 0 spiro atoms. The van der Waals surface area contributed by atoms with Gasteiger partial charge in [-0.1, -0.05) is 30.3 Å². The van der Waals surface area contributed by atoms with E-state index in [0.29, 0.717) is 18.3 Å². The maximum Gasteiger partial charge on any atom is 0.392 e. The van der Waals surface area contributed by atoms with Crippen LogP contribution in [0.4, 0.5) is 13.2 Å². The summed E-state index contributed by atoms with van der Waals surface area (Å²) in [5.74, 6) is -0.935. The van der Waals surface area contributed by atoms with Crippen LogP contribution in [0.3, 0.4) is 0 Å². The highest BCUT2D eigenvalue weighted by Gasteiger charge is 2.42. The normalized spacial score (nSPS) is 17.0. The summed E-state index contributed by atoms with van der Waals surface area (Å²) >= 11 is 0. The molecule has 1 N–H and O–H groups in total. The summed E-state index contributed by atoms with van der Waals surface area (Å²) in [6.45, 7) is 0.527. The summed E-state index contributed by atoms with van der Waals surface area (Å²) in [6, 6.07) is 9.46. The second kappa shape index (κ2) is 7.86. The van der Waals surface area contributed by atoms with Crippen molar-refractivity contribution in [1.29, 1.82) is 0 Å². The molecule has 26 heavy (non-hydrogen) atoms. The Morgan fingerprint density at radius 3 is 2.77 bits per heavy atom. The smallest absolute Gasteiger partial charge is 0.367 e. The van der Waals surface area contributed by atoms with Gasteiger partial charge in [0.05, 0.1) is 19.1 Å². The van der Waals surface area contributed by atoms with Crippen LogP contribution < -0.4 is 5.32 Å². The minimum absolute atomic E-state index is 0.00429. The zero-order chi connectivity index (χ0) is 18.6. The number of alkyl halides is 3. The number of rotatable bonds is 6. The van der Waals surface area contributed by atoms with Crippen molar-refractivity contribution in [3.05, 3.63) is 47.5 Å². The van der Waals surface area contributed by atoms with Gasteiger partial charge in [-0.15, -0.1) is 10.2 Å². The predicted octanol–water partition coefficient (Wildman–Crippen LogP) is 2.24. The van der Waals surface area contributed by atoms with Gasteiger partial charge in [-0.2, -0.15) is 13.2 Å². The number of hydrogen-bond donors (Lipinski definition) is 1. The van der Waals surface area contributed by atoms with Crippen molar-refractivity contribution < 1.29 is 22.7 Å². The molecule has 1 aromatic heterocycles. The van der Waals surface area contributed by atoms with E-state index in [4.69, 9.17) is 4.74 Å². The van der Waals surface area contributed by atoms with Gasteiger partial charge in [-0.3, -0.25) is 4.79 Å². The standard InChI is InChI=1S/C17H19F3N4O2/c18-17(19,20)13-6-7-24-14(8-13)22-23-15(24)9-21-16(25)11-26-10-12-4-2-1-3-5-12/h1-5,13H,6-11H2,(H,21,25). The number of carbonyl (C=O) groups is 1. The van der Waals surface area contributed by atoms with Crippen LogP contribution in [-0.4, -0.2) is 33.5 Å². The van der Waals surface area contributed by atoms with E-state index in [-0.39, 0.29) is 38.4 Å². The second-order valence-electron chi connectivity index (χ2n) is 6.17. The number of nitrogens with zero attached hydrogens (tertiary/aromatic N) is 3. The summed E-state index contributed by atoms with van der Waals surface area (Å²) in [6.07, 6.45) is -4.40. The van der Waals surface area contributed by atoms with Crippen LogP contribution in [0.25, 0.3) is 0 Å². The third kappa shape index (κ3) is 4.60. The molecule has 1 aliphatic heterocycles. The van der Waals surface area contributed by atoms with Crippen LogP contribution in [0.1, 0.15) is 23.6 Å². The Labute approximate surface area is 148 Å². The molecule has 0 radical (unpaired) electrons. The number of aromatic nitrogens is 3. The number of halogens is 3. The highest BCUT2D eigenvalue weighted by Crippen LogP contribution is 2.34. The van der Waals surface area contributed by atoms with Crippen molar-refractivity contribution in [3.63, 3.8) is 0 Å². The van der Waals surface area contributed by atoms with Gasteiger partial charge in [-0.05, 0) is 12.0 Å². The molecule has 2 heterocycles. The molecule has 0 saturated carbocycles. The van der Waals surface area contributed by atoms with Crippen molar-refractivity contribution in [2.75, 3.05) is 6.61 Å². The average Bonchev–Trinajstić information content (AvgIpc) is 3.02. The van der Waals surface area contributed by atoms with Crippen LogP contribution in [0, 0.1) is 5.92 Å². The molecule has 1 amide bonds. The summed E-state index contributed by atoms with van der Waals surface area (Å²) in [5.41, 5.74) is 0.964. The molecule has 6 nitrogen and oxygen atoms in total. The van der Waals surface area contributed by atoms with Crippen molar-refractivity contribution in [2.45, 2.75) is 38.7 Å². The number of hydrogen-bond acceptors (Lipinski definition) is 4. The van der Waals surface area contributed by atoms with Gasteiger partial charge in [0.15, 0.2) is 5.82 Å². The first kappa shape index (κ1) is 18.4. The van der Waals surface area contributed by atoms with E-state index < -0.39 is 12.1 Å². The number of nitrogens with one attached hydrogen (secondary N) is 1. The molecule has 0 bridgehead atoms. The van der Waals surface area contributed by atoms with E-state index in [1.54, 1.807) is 4.57 Å². The van der Waals surface area contributed by atoms with E-state index >= 15 is 0 Å². The molecule has 9 heteroatoms. The van der Waals surface area contributed by atoms with Gasteiger partial charge in [0, 0.05) is 13.0 Å². The highest BCUT2D eigenvalue weighted by molar-refractivity contribution is 5.77. The lowest BCUT2D eigenvalue weighted by Crippen LogP contribution is -2.33. The first-order chi connectivity index (χ1) is 12.4. The van der Waals surface area contributed by atoms with Crippen molar-refractivity contribution >= 4 is 5.91 Å². The van der Waals surface area contributed by atoms with Crippen LogP contribution in [-0.2, 0) is 35.6 Å². The predicted molar refractivity (Wildman–Crippen MR) is 85.8 cm³/mol. The molecular formula is C17H19F3N4O2. The molecule has 2 aromatic rings. The Balaban J connectivity index is 1.46. The zero-order valence-electron chi connectivity index (χ0n) is 14.0. The van der Waals surface area contributed by atoms with Crippen LogP contribution in [0.15, 0.2) is 30.3 Å². The fourth-order valence-electron chi connectivity index (χ4n) is 2.86. The first-order valence-corrected chi connectivity index (χ1v) is 8.29. The number of ether oxygens (including phenoxy) is 1. The van der Waals surface area contributed by atoms with E-state index in [0.717, 1.165) is 5.56 Å². The van der Waals surface area contributed by atoms with Crippen molar-refractivity contribution in [2.24, 2.45) is 5.92 Å². The molecule has 1 atom stereocenters. The van der Waals surface area contributed by atoms with Crippen LogP contribution in [0.5, 0.6) is 0 Å². The number of benzene rings is 1. The van der Waals surface area contributed by atoms with Crippen LogP contribution >= 0.6 is 0 Å². The third-order valence-corrected chi connectivity index (χ3v) is 4.29. The Kier molecular flexibility index (Phi) is 5.55. The topological polar surface area (TPSA) is 69.0 Å². The summed E-state index contributed by atoms with van der Waals surface area (Å²) in [4.78, 5) is 11.8. The van der Waals surface area contributed by atoms with Gasteiger partial charge in [-0.25, -0.2) is 0 Å². The Bertz CT molecular complexity index is 746. The van der Waals surface area contributed by atoms with E-state index in [2.05, 4.69) is 15.5 Å². The van der Waals surface area contributed by atoms with Gasteiger partial charge < -0.3 is 14.6 Å². The largest absolute Gasteiger partial charge is 0.392 e. The number of carbonyl (C=O) groups excluding carboxylic acids is 1. The van der Waals surface area contributed by atoms with E-state index in [9.17, 15) is 18.0 Å². The number of amides is 1. The quantitative estimate of drug-likeness (QED) is 0.849. The Hall–Kier alpha value is -2.42. The number of fused-ring (bicyclic) bond motifs is 1.